The second-order valence-electron chi connectivity index (χ2n) is 20.3. The third-order valence-corrected chi connectivity index (χ3v) is 18.8. The van der Waals surface area contributed by atoms with Gasteiger partial charge in [0.1, 0.15) is 23.3 Å². The van der Waals surface area contributed by atoms with E-state index in [4.69, 9.17) is 9.47 Å². The minimum absolute atomic E-state index is 0.0453. The average Bonchev–Trinajstić information content (AvgIpc) is 3.35. The number of hydrogen-bond acceptors (Lipinski definition) is 10. The van der Waals surface area contributed by atoms with E-state index < -0.39 is 11.9 Å². The van der Waals surface area contributed by atoms with Crippen LogP contribution in [0.15, 0.2) is 95.8 Å². The van der Waals surface area contributed by atoms with Crippen LogP contribution >= 0.6 is 34.0 Å². The average molecular weight is 1070 g/mol. The lowest BCUT2D eigenvalue weighted by Gasteiger charge is -2.06. The van der Waals surface area contributed by atoms with Crippen LogP contribution in [0.25, 0.3) is 107 Å². The Balaban J connectivity index is 1.39. The molecule has 0 fully saturated rings. The van der Waals surface area contributed by atoms with Crippen molar-refractivity contribution in [2.24, 2.45) is 0 Å². The molecule has 10 heteroatoms. The minimum Gasteiger partial charge on any atom is -0.462 e. The van der Waals surface area contributed by atoms with Crippen molar-refractivity contribution in [1.82, 2.24) is 0 Å². The van der Waals surface area contributed by atoms with Gasteiger partial charge in [0.05, 0.1) is 13.2 Å². The highest BCUT2D eigenvalue weighted by atomic mass is 32.1. The third kappa shape index (κ3) is 10.1. The van der Waals surface area contributed by atoms with Crippen molar-refractivity contribution >= 4 is 122 Å². The Morgan fingerprint density at radius 3 is 1.12 bits per heavy atom. The molecule has 0 bridgehead atoms. The molecule has 0 aliphatic heterocycles. The molecular weight excluding hydrogens is 1010 g/mol. The molecule has 0 aliphatic carbocycles. The van der Waals surface area contributed by atoms with E-state index in [-0.39, 0.29) is 29.8 Å². The van der Waals surface area contributed by atoms with Gasteiger partial charge < -0.3 is 9.47 Å². The van der Waals surface area contributed by atoms with Gasteiger partial charge in [-0.05, 0) is 162 Å². The zero-order chi connectivity index (χ0) is 53.7. The maximum Gasteiger partial charge on any atom is 0.349 e. The molecule has 0 N–H and O–H groups in total. The number of benzene rings is 4. The van der Waals surface area contributed by atoms with E-state index in [0.29, 0.717) is 64.3 Å². The van der Waals surface area contributed by atoms with Gasteiger partial charge in [0, 0.05) is 72.0 Å². The highest BCUT2D eigenvalue weighted by Crippen LogP contribution is 2.46. The van der Waals surface area contributed by atoms with Crippen LogP contribution in [-0.4, -0.2) is 25.2 Å². The number of nitriles is 2. The summed E-state index contributed by atoms with van der Waals surface area (Å²) in [4.78, 5) is 51.6. The van der Waals surface area contributed by atoms with Crippen LogP contribution < -0.4 is 15.9 Å². The third-order valence-electron chi connectivity index (χ3n) is 15.2. The molecule has 10 aromatic rings. The topological polar surface area (TPSA) is 117 Å². The van der Waals surface area contributed by atoms with Crippen molar-refractivity contribution < 1.29 is 19.1 Å². The summed E-state index contributed by atoms with van der Waals surface area (Å²) < 4.78 is 11.4. The molecule has 0 aliphatic rings. The van der Waals surface area contributed by atoms with E-state index in [9.17, 15) is 20.1 Å². The zero-order valence-corrected chi connectivity index (χ0v) is 47.3. The molecule has 0 amide bonds. The lowest BCUT2D eigenvalue weighted by atomic mass is 9.96. The Bertz CT molecular complexity index is 4070. The maximum atomic E-state index is 15.8. The first-order valence-corrected chi connectivity index (χ1v) is 30.3. The molecule has 0 saturated heterocycles. The largest absolute Gasteiger partial charge is 0.462 e. The van der Waals surface area contributed by atoms with Crippen molar-refractivity contribution in [3.8, 4) is 43.5 Å². The summed E-state index contributed by atoms with van der Waals surface area (Å²) in [6.45, 7) is 10.2. The molecule has 0 spiro atoms. The Hall–Kier alpha value is -6.95. The van der Waals surface area contributed by atoms with Gasteiger partial charge in [-0.2, -0.15) is 10.5 Å². The van der Waals surface area contributed by atoms with Crippen molar-refractivity contribution in [1.29, 1.82) is 10.5 Å². The van der Waals surface area contributed by atoms with E-state index in [0.717, 1.165) is 80.6 Å². The standard InChI is InChI=1S/C67H64N2O5S3/c1-6-11-14-17-20-43-26-32-54(75-43)40-23-29-46-49(35-40)59-62-58(53(39-69)67(72)74-10-5)47-30-24-41(55-33-27-44(76-55)21-18-15-12-7-2)36-50(47)60(62)64-61(63(59)57(46)52(38-68)66(71)73-9-4)51-37-42(25-31-48(51)65(64)70)56-34-28-45(77-56)22-19-16-13-8-3/h23-37H,6-22H2,1-5H3/b57-52+,58-53+. The Morgan fingerprint density at radius 1 is 0.416 bits per heavy atom. The van der Waals surface area contributed by atoms with Crippen LogP contribution in [0.3, 0.4) is 0 Å². The smallest absolute Gasteiger partial charge is 0.349 e. The normalized spacial score (nSPS) is 12.6. The van der Waals surface area contributed by atoms with E-state index in [1.54, 1.807) is 47.9 Å². The predicted octanol–water partition coefficient (Wildman–Crippen LogP) is 16.9. The van der Waals surface area contributed by atoms with Gasteiger partial charge in [-0.15, -0.1) is 34.0 Å². The number of esters is 2. The van der Waals surface area contributed by atoms with Crippen LogP contribution in [0, 0.1) is 22.7 Å². The number of aryl methyl sites for hydroxylation is 3. The summed E-state index contributed by atoms with van der Waals surface area (Å²) in [6, 6.07) is 36.0. The number of rotatable bonds is 22. The molecule has 0 saturated carbocycles. The Morgan fingerprint density at radius 2 is 0.766 bits per heavy atom. The summed E-state index contributed by atoms with van der Waals surface area (Å²) >= 11 is 5.29. The fourth-order valence-corrected chi connectivity index (χ4v) is 14.7. The number of fused-ring (bicyclic) bond motifs is 12. The molecule has 3 heterocycles. The Labute approximate surface area is 462 Å². The van der Waals surface area contributed by atoms with E-state index in [1.807, 2.05) is 36.4 Å². The summed E-state index contributed by atoms with van der Waals surface area (Å²) in [5.41, 5.74) is 2.28. The van der Waals surface area contributed by atoms with Crippen molar-refractivity contribution in [2.45, 2.75) is 131 Å². The van der Waals surface area contributed by atoms with Crippen LogP contribution in [0.1, 0.15) is 126 Å². The quantitative estimate of drug-likeness (QED) is 0.0490. The van der Waals surface area contributed by atoms with E-state index >= 15 is 4.79 Å². The van der Waals surface area contributed by atoms with Gasteiger partial charge in [-0.1, -0.05) is 109 Å². The highest BCUT2D eigenvalue weighted by molar-refractivity contribution is 7.16. The number of thiophene rings is 3. The molecule has 7 nitrogen and oxygen atoms in total. The molecule has 0 atom stereocenters. The van der Waals surface area contributed by atoms with Gasteiger partial charge in [0.15, 0.2) is 5.43 Å². The zero-order valence-electron chi connectivity index (χ0n) is 44.8. The number of carbonyl (C=O) groups excluding carboxylic acids is 2. The molecule has 0 radical (unpaired) electrons. The van der Waals surface area contributed by atoms with Crippen LogP contribution in [0.5, 0.6) is 0 Å². The second kappa shape index (κ2) is 23.7. The number of unbranched alkanes of at least 4 members (excludes halogenated alkanes) is 9. The van der Waals surface area contributed by atoms with Gasteiger partial charge in [0.25, 0.3) is 0 Å². The Kier molecular flexibility index (Phi) is 16.5. The fourth-order valence-electron chi connectivity index (χ4n) is 11.5. The monoisotopic (exact) mass is 1070 g/mol. The number of ether oxygens (including phenoxy) is 2. The number of nitrogens with zero attached hydrogens (tertiary/aromatic N) is 2. The molecule has 10 rings (SSSR count). The van der Waals surface area contributed by atoms with Crippen LogP contribution in [0.4, 0.5) is 0 Å². The SMILES string of the molecule is CCCCCCc1ccc(-c2ccc3c(=O)c4c(c3c2)c2/c(=C(\C#N)C(=O)OCC)c3ccc(-c5ccc(CCCCCC)s5)cc3c2c2/c(=C(\C#N)C(=O)OCC)c3ccc(-c5ccc(CCCCCC)s5)cc3c42)s1. The first-order valence-electron chi connectivity index (χ1n) is 27.8. The summed E-state index contributed by atoms with van der Waals surface area (Å²) in [7, 11) is 0. The van der Waals surface area contributed by atoms with Crippen molar-refractivity contribution in [3.05, 3.63) is 126 Å². The lowest BCUT2D eigenvalue weighted by molar-refractivity contribution is -0.136. The molecular formula is C67H64N2O5S3. The summed E-state index contributed by atoms with van der Waals surface area (Å²) in [5.74, 6) is -1.55. The van der Waals surface area contributed by atoms with Gasteiger partial charge in [-0.3, -0.25) is 4.79 Å². The molecule has 7 aromatic carbocycles. The van der Waals surface area contributed by atoms with E-state index in [1.165, 1.54) is 72.4 Å². The van der Waals surface area contributed by atoms with Gasteiger partial charge in [0.2, 0.25) is 0 Å². The number of carbonyl (C=O) groups is 2. The van der Waals surface area contributed by atoms with Gasteiger partial charge in [-0.25, -0.2) is 9.59 Å². The molecule has 0 unspecified atom stereocenters. The minimum atomic E-state index is -0.773. The van der Waals surface area contributed by atoms with Crippen LogP contribution in [-0.2, 0) is 38.3 Å². The second-order valence-corrected chi connectivity index (χ2v) is 23.8. The molecule has 77 heavy (non-hydrogen) atoms. The molecule has 3 aromatic heterocycles. The number of hydrogen-bond donors (Lipinski definition) is 0. The first-order chi connectivity index (χ1) is 37.7. The van der Waals surface area contributed by atoms with Crippen LogP contribution in [0.2, 0.25) is 0 Å². The summed E-state index contributed by atoms with van der Waals surface area (Å²) in [5, 5.41) is 30.4. The summed E-state index contributed by atoms with van der Waals surface area (Å²) in [6.07, 6.45) is 17.0. The first kappa shape index (κ1) is 53.4. The van der Waals surface area contributed by atoms with Crippen molar-refractivity contribution in [2.75, 3.05) is 13.2 Å². The maximum absolute atomic E-state index is 15.8. The predicted molar refractivity (Wildman–Crippen MR) is 324 cm³/mol. The molecule has 390 valence electrons. The fraction of sp³-hybridized carbons (Fsp3) is 0.328. The lowest BCUT2D eigenvalue weighted by Crippen LogP contribution is -2.16. The van der Waals surface area contributed by atoms with Crippen molar-refractivity contribution in [3.63, 3.8) is 0 Å². The highest BCUT2D eigenvalue weighted by Gasteiger charge is 2.30. The van der Waals surface area contributed by atoms with E-state index in [2.05, 4.69) is 87.5 Å². The van der Waals surface area contributed by atoms with Gasteiger partial charge >= 0.3 is 11.9 Å².